The van der Waals surface area contributed by atoms with E-state index in [0.717, 1.165) is 11.6 Å². The van der Waals surface area contributed by atoms with Crippen molar-refractivity contribution in [3.05, 3.63) is 70.8 Å². The Kier molecular flexibility index (Phi) is 10.0. The van der Waals surface area contributed by atoms with Gasteiger partial charge in [-0.05, 0) is 30.5 Å². The second-order valence-electron chi connectivity index (χ2n) is 10.6. The quantitative estimate of drug-likeness (QED) is 0.165. The number of phenols is 2. The highest BCUT2D eigenvalue weighted by Crippen LogP contribution is 2.46. The molecule has 14 nitrogen and oxygen atoms in total. The van der Waals surface area contributed by atoms with E-state index < -0.39 is 72.1 Å². The maximum absolute atomic E-state index is 13.1. The van der Waals surface area contributed by atoms with Gasteiger partial charge in [-0.15, -0.1) is 0 Å². The van der Waals surface area contributed by atoms with E-state index in [1.807, 2.05) is 30.3 Å². The number of aliphatic hydroxyl groups excluding tert-OH is 3. The van der Waals surface area contributed by atoms with E-state index in [4.69, 9.17) is 28.4 Å². The van der Waals surface area contributed by atoms with Gasteiger partial charge in [0.1, 0.15) is 36.6 Å². The predicted octanol–water partition coefficient (Wildman–Crippen LogP) is 1.79. The molecule has 46 heavy (non-hydrogen) atoms. The molecule has 5 atom stereocenters. The number of benzene rings is 3. The number of esters is 1. The molecule has 5 rings (SSSR count). The van der Waals surface area contributed by atoms with Gasteiger partial charge < -0.3 is 59.1 Å². The van der Waals surface area contributed by atoms with E-state index in [1.165, 1.54) is 19.2 Å². The molecule has 14 heteroatoms. The van der Waals surface area contributed by atoms with E-state index in [2.05, 4.69) is 0 Å². The molecule has 0 radical (unpaired) electrons. The normalized spacial score (nSPS) is 22.2. The molecule has 0 aliphatic carbocycles. The lowest BCUT2D eigenvalue weighted by Crippen LogP contribution is -2.60. The summed E-state index contributed by atoms with van der Waals surface area (Å²) < 4.78 is 33.1. The Labute approximate surface area is 262 Å². The molecule has 3 aromatic rings. The monoisotopic (exact) mass is 642 g/mol. The summed E-state index contributed by atoms with van der Waals surface area (Å²) in [6.07, 6.45) is -6.82. The van der Waals surface area contributed by atoms with Gasteiger partial charge in [0.2, 0.25) is 17.8 Å². The van der Waals surface area contributed by atoms with Crippen molar-refractivity contribution in [2.24, 2.45) is 0 Å². The van der Waals surface area contributed by atoms with E-state index in [9.17, 15) is 40.2 Å². The van der Waals surface area contributed by atoms with Crippen LogP contribution in [0.4, 0.5) is 0 Å². The number of ether oxygens (including phenoxy) is 6. The van der Waals surface area contributed by atoms with Crippen molar-refractivity contribution >= 4 is 11.9 Å². The van der Waals surface area contributed by atoms with Crippen molar-refractivity contribution in [2.75, 3.05) is 26.9 Å². The molecular weight excluding hydrogens is 608 g/mol. The van der Waals surface area contributed by atoms with Gasteiger partial charge in [-0.1, -0.05) is 30.3 Å². The maximum Gasteiger partial charge on any atom is 0.342 e. The minimum atomic E-state index is -1.79. The van der Waals surface area contributed by atoms with Gasteiger partial charge >= 0.3 is 11.9 Å². The van der Waals surface area contributed by atoms with Crippen molar-refractivity contribution in [1.82, 2.24) is 0 Å². The van der Waals surface area contributed by atoms with Gasteiger partial charge in [-0.2, -0.15) is 0 Å². The Bertz CT molecular complexity index is 1560. The molecule has 0 spiro atoms. The van der Waals surface area contributed by atoms with Crippen LogP contribution in [0, 0.1) is 0 Å². The van der Waals surface area contributed by atoms with Crippen LogP contribution < -0.4 is 18.9 Å². The fourth-order valence-corrected chi connectivity index (χ4v) is 5.22. The molecule has 1 fully saturated rings. The number of hydrogen-bond acceptors (Lipinski definition) is 13. The lowest BCUT2D eigenvalue weighted by molar-refractivity contribution is -0.277. The number of aromatic hydroxyl groups is 2. The first kappa shape index (κ1) is 32.6. The van der Waals surface area contributed by atoms with Crippen LogP contribution in [0.3, 0.4) is 0 Å². The zero-order chi connectivity index (χ0) is 33.0. The van der Waals surface area contributed by atoms with Crippen LogP contribution >= 0.6 is 0 Å². The number of carbonyl (C=O) groups excluding carboxylic acids is 1. The van der Waals surface area contributed by atoms with Gasteiger partial charge in [0.05, 0.1) is 25.9 Å². The molecule has 0 saturated carbocycles. The number of fused-ring (bicyclic) bond motifs is 1. The van der Waals surface area contributed by atoms with Crippen LogP contribution in [-0.4, -0.2) is 100 Å². The number of carbonyl (C=O) groups is 2. The van der Waals surface area contributed by atoms with E-state index in [-0.39, 0.29) is 29.4 Å². The average Bonchev–Trinajstić information content (AvgIpc) is 3.06. The van der Waals surface area contributed by atoms with Crippen molar-refractivity contribution in [1.29, 1.82) is 0 Å². The number of aromatic carboxylic acids is 1. The molecule has 2 heterocycles. The van der Waals surface area contributed by atoms with E-state index >= 15 is 0 Å². The number of hydrogen-bond donors (Lipinski definition) is 6. The molecule has 246 valence electrons. The fourth-order valence-electron chi connectivity index (χ4n) is 5.22. The molecule has 2 aliphatic rings. The summed E-state index contributed by atoms with van der Waals surface area (Å²) in [6, 6.07) is 13.0. The van der Waals surface area contributed by atoms with Gasteiger partial charge in [0, 0.05) is 18.1 Å². The first-order valence-electron chi connectivity index (χ1n) is 14.5. The highest BCUT2D eigenvalue weighted by Gasteiger charge is 2.46. The molecule has 0 bridgehead atoms. The number of carboxylic acids is 1. The van der Waals surface area contributed by atoms with Crippen LogP contribution in [0.5, 0.6) is 34.5 Å². The molecule has 6 N–H and O–H groups in total. The van der Waals surface area contributed by atoms with Gasteiger partial charge in [-0.3, -0.25) is 0 Å². The fraction of sp³-hybridized carbons (Fsp3) is 0.375. The summed E-state index contributed by atoms with van der Waals surface area (Å²) in [4.78, 5) is 24.8. The van der Waals surface area contributed by atoms with E-state index in [1.54, 1.807) is 0 Å². The Morgan fingerprint density at radius 1 is 0.935 bits per heavy atom. The lowest BCUT2D eigenvalue weighted by Gasteiger charge is -2.40. The zero-order valence-corrected chi connectivity index (χ0v) is 24.7. The minimum Gasteiger partial charge on any atom is -0.504 e. The molecule has 0 aromatic heterocycles. The Morgan fingerprint density at radius 2 is 1.70 bits per heavy atom. The predicted molar refractivity (Wildman–Crippen MR) is 157 cm³/mol. The van der Waals surface area contributed by atoms with Crippen LogP contribution in [0.2, 0.25) is 0 Å². The third-order valence-corrected chi connectivity index (χ3v) is 7.68. The third-order valence-electron chi connectivity index (χ3n) is 7.68. The van der Waals surface area contributed by atoms with Gasteiger partial charge in [-0.25, -0.2) is 9.59 Å². The smallest absolute Gasteiger partial charge is 0.342 e. The molecule has 0 amide bonds. The van der Waals surface area contributed by atoms with Crippen molar-refractivity contribution in [2.45, 2.75) is 50.0 Å². The minimum absolute atomic E-state index is 0.0336. The average molecular weight is 643 g/mol. The first-order valence-corrected chi connectivity index (χ1v) is 14.5. The molecule has 1 saturated heterocycles. The van der Waals surface area contributed by atoms with Crippen molar-refractivity contribution in [3.8, 4) is 34.5 Å². The zero-order valence-electron chi connectivity index (χ0n) is 24.7. The van der Waals surface area contributed by atoms with Crippen LogP contribution in [0.15, 0.2) is 48.5 Å². The molecule has 3 aromatic carbocycles. The van der Waals surface area contributed by atoms with Crippen LogP contribution in [0.1, 0.15) is 38.3 Å². The highest BCUT2D eigenvalue weighted by molar-refractivity contribution is 5.95. The summed E-state index contributed by atoms with van der Waals surface area (Å²) in [7, 11) is 1.24. The second kappa shape index (κ2) is 14.1. The summed E-state index contributed by atoms with van der Waals surface area (Å²) in [5.41, 5.74) is 0.950. The number of carboxylic acid groups (broad SMARTS) is 1. The summed E-state index contributed by atoms with van der Waals surface area (Å²) >= 11 is 0. The Morgan fingerprint density at radius 3 is 2.41 bits per heavy atom. The Balaban J connectivity index is 1.29. The number of methoxy groups -OCH3 is 1. The van der Waals surface area contributed by atoms with Gasteiger partial charge in [0.15, 0.2) is 23.0 Å². The standard InChI is InChI=1S/C32H34O14/c1-41-21-14-19(23(33)29(25(21)35)43-13-11-16-6-3-2-4-7-16)31(40)44-15-22-24(34)26(36)27(37)32(46-22)45-20-10-9-18(30(38)39)17-8-5-12-42-28(17)20/h2-4,6-7,9-10,14,22,24,26-27,32-37H,5,8,11-13,15H2,1H3,(H,38,39)/t22-,24+,26-,27+,32+/m0/s1. The summed E-state index contributed by atoms with van der Waals surface area (Å²) in [5, 5.41) is 62.6. The molecular formula is C32H34O14. The summed E-state index contributed by atoms with van der Waals surface area (Å²) in [6.45, 7) is -0.318. The number of phenolic OH excluding ortho intramolecular Hbond substituents is 2. The van der Waals surface area contributed by atoms with Gasteiger partial charge in [0.25, 0.3) is 0 Å². The van der Waals surface area contributed by atoms with Crippen LogP contribution in [0.25, 0.3) is 0 Å². The maximum atomic E-state index is 13.1. The number of rotatable bonds is 11. The summed E-state index contributed by atoms with van der Waals surface area (Å²) in [5.74, 6) is -3.88. The molecule has 2 aliphatic heterocycles. The first-order chi connectivity index (χ1) is 22.1. The second-order valence-corrected chi connectivity index (χ2v) is 10.6. The topological polar surface area (TPSA) is 211 Å². The highest BCUT2D eigenvalue weighted by atomic mass is 16.7. The third kappa shape index (κ3) is 6.74. The SMILES string of the molecule is COc1cc(C(=O)OC[C@@H]2O[C@@H](Oc3ccc(C(=O)O)c4c3OCCC4)[C@H](O)[C@@H](O)[C@@H]2O)c(O)c(OCCc2ccccc2)c1O. The van der Waals surface area contributed by atoms with E-state index in [0.29, 0.717) is 31.4 Å². The molecule has 0 unspecified atom stereocenters. The van der Waals surface area contributed by atoms with Crippen molar-refractivity contribution < 1.29 is 68.6 Å². The largest absolute Gasteiger partial charge is 0.504 e. The Hall–Kier alpha value is -4.76. The lowest BCUT2D eigenvalue weighted by atomic mass is 9.98. The van der Waals surface area contributed by atoms with Crippen LogP contribution in [-0.2, 0) is 22.3 Å². The number of aliphatic hydroxyl groups is 3. The van der Waals surface area contributed by atoms with Crippen molar-refractivity contribution in [3.63, 3.8) is 0 Å².